The molecule has 0 aliphatic carbocycles. The lowest BCUT2D eigenvalue weighted by molar-refractivity contribution is 0.0695. The molecule has 0 saturated carbocycles. The summed E-state index contributed by atoms with van der Waals surface area (Å²) in [4.78, 5) is 23.8. The molecule has 3 aromatic rings. The molecule has 0 saturated heterocycles. The molecule has 0 atom stereocenters. The zero-order valence-corrected chi connectivity index (χ0v) is 14.4. The van der Waals surface area contributed by atoms with Gasteiger partial charge < -0.3 is 19.0 Å². The van der Waals surface area contributed by atoms with Crippen LogP contribution in [0.1, 0.15) is 22.8 Å². The minimum absolute atomic E-state index is 0.0154. The molecule has 136 valence electrons. The summed E-state index contributed by atoms with van der Waals surface area (Å²) < 4.78 is 16.3. The summed E-state index contributed by atoms with van der Waals surface area (Å²) in [5, 5.41) is 18.0. The second kappa shape index (κ2) is 7.62. The van der Waals surface area contributed by atoms with E-state index in [1.54, 1.807) is 12.1 Å². The van der Waals surface area contributed by atoms with Gasteiger partial charge >= 0.3 is 5.97 Å². The SMILES string of the molecule is CCc1cc(Oc2coc3cc(OCC#N)ccc3c2=O)ccc1C(=O)O. The van der Waals surface area contributed by atoms with Crippen molar-refractivity contribution in [3.8, 4) is 23.3 Å². The number of nitriles is 1. The number of rotatable bonds is 6. The maximum atomic E-state index is 12.6. The van der Waals surface area contributed by atoms with Gasteiger partial charge in [0, 0.05) is 6.07 Å². The minimum Gasteiger partial charge on any atom is -0.479 e. The van der Waals surface area contributed by atoms with Crippen LogP contribution in [0.5, 0.6) is 17.2 Å². The molecule has 1 heterocycles. The first-order valence-electron chi connectivity index (χ1n) is 8.13. The summed E-state index contributed by atoms with van der Waals surface area (Å²) >= 11 is 0. The number of hydrogen-bond acceptors (Lipinski definition) is 6. The van der Waals surface area contributed by atoms with Gasteiger partial charge in [-0.15, -0.1) is 0 Å². The van der Waals surface area contributed by atoms with E-state index >= 15 is 0 Å². The Morgan fingerprint density at radius 2 is 2.00 bits per heavy atom. The first kappa shape index (κ1) is 18.0. The maximum absolute atomic E-state index is 12.6. The molecular weight excluding hydrogens is 350 g/mol. The fourth-order valence-corrected chi connectivity index (χ4v) is 2.63. The van der Waals surface area contributed by atoms with E-state index < -0.39 is 5.97 Å². The van der Waals surface area contributed by atoms with Gasteiger partial charge in [0.05, 0.1) is 10.9 Å². The molecule has 1 N–H and O–H groups in total. The molecule has 27 heavy (non-hydrogen) atoms. The Kier molecular flexibility index (Phi) is 5.08. The van der Waals surface area contributed by atoms with E-state index in [0.717, 1.165) is 0 Å². The molecule has 1 aromatic heterocycles. The van der Waals surface area contributed by atoms with Crippen molar-refractivity contribution >= 4 is 16.9 Å². The maximum Gasteiger partial charge on any atom is 0.335 e. The third-order valence-electron chi connectivity index (χ3n) is 3.93. The van der Waals surface area contributed by atoms with Crippen LogP contribution >= 0.6 is 0 Å². The highest BCUT2D eigenvalue weighted by molar-refractivity contribution is 5.89. The Hall–Kier alpha value is -3.79. The fraction of sp³-hybridized carbons (Fsp3) is 0.150. The molecule has 0 amide bonds. The molecule has 3 rings (SSSR count). The normalized spacial score (nSPS) is 10.4. The Morgan fingerprint density at radius 1 is 1.22 bits per heavy atom. The predicted octanol–water partition coefficient (Wildman–Crippen LogP) is 3.75. The van der Waals surface area contributed by atoms with E-state index in [2.05, 4.69) is 0 Å². The number of fused-ring (bicyclic) bond motifs is 1. The molecule has 0 unspecified atom stereocenters. The monoisotopic (exact) mass is 365 g/mol. The number of aryl methyl sites for hydroxylation is 1. The van der Waals surface area contributed by atoms with Crippen LogP contribution in [0.25, 0.3) is 11.0 Å². The van der Waals surface area contributed by atoms with E-state index in [-0.39, 0.29) is 23.3 Å². The largest absolute Gasteiger partial charge is 0.479 e. The summed E-state index contributed by atoms with van der Waals surface area (Å²) in [5.41, 5.74) is 0.728. The summed E-state index contributed by atoms with van der Waals surface area (Å²) in [7, 11) is 0. The molecule has 2 aromatic carbocycles. The van der Waals surface area contributed by atoms with Crippen LogP contribution in [0.2, 0.25) is 0 Å². The van der Waals surface area contributed by atoms with Crippen molar-refractivity contribution < 1.29 is 23.8 Å². The number of ether oxygens (including phenoxy) is 2. The lowest BCUT2D eigenvalue weighted by atomic mass is 10.1. The Labute approximate surface area is 154 Å². The van der Waals surface area contributed by atoms with Crippen molar-refractivity contribution in [1.29, 1.82) is 5.26 Å². The van der Waals surface area contributed by atoms with Crippen LogP contribution in [0.4, 0.5) is 0 Å². The Bertz CT molecular complexity index is 1110. The van der Waals surface area contributed by atoms with E-state index in [1.807, 2.05) is 13.0 Å². The van der Waals surface area contributed by atoms with E-state index in [1.165, 1.54) is 30.5 Å². The lowest BCUT2D eigenvalue weighted by Crippen LogP contribution is -2.06. The van der Waals surface area contributed by atoms with Crippen LogP contribution in [0.15, 0.2) is 51.9 Å². The zero-order chi connectivity index (χ0) is 19.4. The number of carboxylic acid groups (broad SMARTS) is 1. The van der Waals surface area contributed by atoms with Gasteiger partial charge in [-0.05, 0) is 42.3 Å². The first-order valence-corrected chi connectivity index (χ1v) is 8.13. The lowest BCUT2D eigenvalue weighted by Gasteiger charge is -2.09. The van der Waals surface area contributed by atoms with Gasteiger partial charge in [0.25, 0.3) is 0 Å². The molecule has 7 heteroatoms. The summed E-state index contributed by atoms with van der Waals surface area (Å²) in [5.74, 6) is -0.272. The van der Waals surface area contributed by atoms with E-state index in [4.69, 9.17) is 19.2 Å². The van der Waals surface area contributed by atoms with Gasteiger partial charge in [-0.1, -0.05) is 6.92 Å². The standard InChI is InChI=1S/C20H15NO6/c1-2-12-9-14(4-5-15(12)20(23)24)27-18-11-26-17-10-13(25-8-7-21)3-6-16(17)19(18)22/h3-6,9-11H,2,8H2,1H3,(H,23,24). The average molecular weight is 365 g/mol. The molecule has 0 bridgehead atoms. The predicted molar refractivity (Wildman–Crippen MR) is 96.4 cm³/mol. The van der Waals surface area contributed by atoms with Crippen LogP contribution in [-0.2, 0) is 6.42 Å². The molecule has 0 fully saturated rings. The van der Waals surface area contributed by atoms with Crippen molar-refractivity contribution in [1.82, 2.24) is 0 Å². The third-order valence-corrected chi connectivity index (χ3v) is 3.93. The van der Waals surface area contributed by atoms with Crippen LogP contribution < -0.4 is 14.9 Å². The Balaban J connectivity index is 1.94. The van der Waals surface area contributed by atoms with Crippen molar-refractivity contribution in [2.45, 2.75) is 13.3 Å². The van der Waals surface area contributed by atoms with E-state index in [0.29, 0.717) is 34.5 Å². The number of benzene rings is 2. The van der Waals surface area contributed by atoms with Gasteiger partial charge in [0.1, 0.15) is 29.4 Å². The van der Waals surface area contributed by atoms with E-state index in [9.17, 15) is 14.7 Å². The van der Waals surface area contributed by atoms with Crippen LogP contribution in [-0.4, -0.2) is 17.7 Å². The van der Waals surface area contributed by atoms with Crippen molar-refractivity contribution in [2.75, 3.05) is 6.61 Å². The highest BCUT2D eigenvalue weighted by Gasteiger charge is 2.13. The number of aromatic carboxylic acids is 1. The summed E-state index contributed by atoms with van der Waals surface area (Å²) in [6.07, 6.45) is 1.70. The van der Waals surface area contributed by atoms with Gasteiger partial charge in [-0.3, -0.25) is 4.79 Å². The number of carboxylic acids is 1. The average Bonchev–Trinajstić information content (AvgIpc) is 2.68. The van der Waals surface area contributed by atoms with Gasteiger partial charge in [-0.2, -0.15) is 5.26 Å². The zero-order valence-electron chi connectivity index (χ0n) is 14.4. The second-order valence-electron chi connectivity index (χ2n) is 5.61. The topological polar surface area (TPSA) is 110 Å². The molecule has 0 aliphatic rings. The highest BCUT2D eigenvalue weighted by atomic mass is 16.5. The van der Waals surface area contributed by atoms with Crippen LogP contribution in [0, 0.1) is 11.3 Å². The van der Waals surface area contributed by atoms with Crippen molar-refractivity contribution in [2.24, 2.45) is 0 Å². The molecule has 7 nitrogen and oxygen atoms in total. The number of carbonyl (C=O) groups is 1. The third kappa shape index (κ3) is 3.75. The Morgan fingerprint density at radius 3 is 2.70 bits per heavy atom. The summed E-state index contributed by atoms with van der Waals surface area (Å²) in [6.45, 7) is 1.73. The van der Waals surface area contributed by atoms with Gasteiger partial charge in [-0.25, -0.2) is 4.79 Å². The molecule has 0 radical (unpaired) electrons. The number of nitrogens with zero attached hydrogens (tertiary/aromatic N) is 1. The molecule has 0 aliphatic heterocycles. The minimum atomic E-state index is -1.02. The van der Waals surface area contributed by atoms with Crippen molar-refractivity contribution in [3.63, 3.8) is 0 Å². The smallest absolute Gasteiger partial charge is 0.335 e. The number of hydrogen-bond donors (Lipinski definition) is 1. The quantitative estimate of drug-likeness (QED) is 0.708. The first-order chi connectivity index (χ1) is 13.0. The van der Waals surface area contributed by atoms with Gasteiger partial charge in [0.15, 0.2) is 6.61 Å². The van der Waals surface area contributed by atoms with Crippen LogP contribution in [0.3, 0.4) is 0 Å². The highest BCUT2D eigenvalue weighted by Crippen LogP contribution is 2.26. The van der Waals surface area contributed by atoms with Crippen molar-refractivity contribution in [3.05, 3.63) is 64.0 Å². The molecule has 0 spiro atoms. The fourth-order valence-electron chi connectivity index (χ4n) is 2.63. The summed E-state index contributed by atoms with van der Waals surface area (Å²) in [6, 6.07) is 11.0. The second-order valence-corrected chi connectivity index (χ2v) is 5.61. The van der Waals surface area contributed by atoms with Gasteiger partial charge in [0.2, 0.25) is 11.2 Å². The molecular formula is C20H15NO6.